The fourth-order valence-corrected chi connectivity index (χ4v) is 12.7. The summed E-state index contributed by atoms with van der Waals surface area (Å²) in [6.07, 6.45) is 97.0. The van der Waals surface area contributed by atoms with Gasteiger partial charge in [-0.3, -0.25) is 9.59 Å². The Balaban J connectivity index is 3.36. The first-order chi connectivity index (χ1) is 42.5. The summed E-state index contributed by atoms with van der Waals surface area (Å²) in [4.78, 5) is 24.6. The van der Waals surface area contributed by atoms with Crippen molar-refractivity contribution in [1.29, 1.82) is 0 Å². The van der Waals surface area contributed by atoms with Crippen LogP contribution in [0.4, 0.5) is 0 Å². The third kappa shape index (κ3) is 71.4. The maximum Gasteiger partial charge on any atom is 0.305 e. The Morgan fingerprint density at radius 3 is 0.826 bits per heavy atom. The van der Waals surface area contributed by atoms with Crippen LogP contribution in [0.1, 0.15) is 450 Å². The van der Waals surface area contributed by atoms with Crippen LogP contribution in [0, 0.1) is 0 Å². The van der Waals surface area contributed by atoms with E-state index in [9.17, 15) is 19.8 Å². The Morgan fingerprint density at radius 1 is 0.314 bits per heavy atom. The molecule has 2 unspecified atom stereocenters. The topological polar surface area (TPSA) is 95.9 Å². The van der Waals surface area contributed by atoms with Crippen molar-refractivity contribution < 1.29 is 24.5 Å². The molecule has 0 aromatic carbocycles. The molecule has 6 nitrogen and oxygen atoms in total. The summed E-state index contributed by atoms with van der Waals surface area (Å²) in [5, 5.41) is 23.5. The quantitative estimate of drug-likeness (QED) is 0.0320. The first-order valence-corrected chi connectivity index (χ1v) is 39.6. The third-order valence-corrected chi connectivity index (χ3v) is 18.7. The van der Waals surface area contributed by atoms with Crippen LogP contribution in [-0.4, -0.2) is 47.4 Å². The fourth-order valence-electron chi connectivity index (χ4n) is 12.7. The van der Waals surface area contributed by atoms with Crippen LogP contribution in [0.3, 0.4) is 0 Å². The summed E-state index contributed by atoms with van der Waals surface area (Å²) >= 11 is 0. The SMILES string of the molecule is CCCCCCC/C=C\CCCCCCCC(=O)OCCCCCCCCCCCCCC/C=C\CCCCCCCCCCCCCCCCCCC(=O)NC(CO)C(O)CCCCCCCCCCCCCCCCCCCCCCCCC. The standard InChI is InChI=1S/C80H155NO5/c1-3-5-7-9-11-13-15-17-19-20-21-22-33-36-39-42-45-48-52-56-60-64-68-72-78(83)77(76-82)81-79(84)73-69-65-61-57-53-49-46-43-40-37-34-31-29-27-25-23-24-26-28-30-32-35-38-41-44-47-51-55-59-63-67-71-75-86-80(85)74-70-66-62-58-54-50-18-16-14-12-10-8-6-4-2/h16,18,26,28,77-78,82-83H,3-15,17,19-25,27,29-76H2,1-2H3,(H,81,84)/b18-16-,28-26-. The smallest absolute Gasteiger partial charge is 0.305 e. The van der Waals surface area contributed by atoms with Crippen molar-refractivity contribution in [2.75, 3.05) is 13.2 Å². The van der Waals surface area contributed by atoms with Crippen LogP contribution in [0.15, 0.2) is 24.3 Å². The molecule has 0 saturated carbocycles. The molecule has 0 radical (unpaired) electrons. The number of amides is 1. The van der Waals surface area contributed by atoms with Gasteiger partial charge in [-0.05, 0) is 77.0 Å². The van der Waals surface area contributed by atoms with Gasteiger partial charge >= 0.3 is 5.97 Å². The molecule has 0 saturated heterocycles. The molecule has 0 aliphatic heterocycles. The van der Waals surface area contributed by atoms with Crippen molar-refractivity contribution in [2.45, 2.75) is 463 Å². The number of carbonyl (C=O) groups excluding carboxylic acids is 2. The van der Waals surface area contributed by atoms with Crippen LogP contribution in [-0.2, 0) is 14.3 Å². The second kappa shape index (κ2) is 75.8. The van der Waals surface area contributed by atoms with Crippen LogP contribution in [0.25, 0.3) is 0 Å². The average molecular weight is 1210 g/mol. The molecule has 0 heterocycles. The van der Waals surface area contributed by atoms with E-state index in [-0.39, 0.29) is 18.5 Å². The highest BCUT2D eigenvalue weighted by Crippen LogP contribution is 2.20. The van der Waals surface area contributed by atoms with Gasteiger partial charge in [0.2, 0.25) is 5.91 Å². The number of aliphatic hydroxyl groups is 2. The number of nitrogens with one attached hydrogen (secondary N) is 1. The Hall–Kier alpha value is -1.66. The number of rotatable bonds is 75. The summed E-state index contributed by atoms with van der Waals surface area (Å²) < 4.78 is 5.49. The maximum atomic E-state index is 12.6. The zero-order chi connectivity index (χ0) is 62.0. The molecule has 510 valence electrons. The summed E-state index contributed by atoms with van der Waals surface area (Å²) in [7, 11) is 0. The lowest BCUT2D eigenvalue weighted by Crippen LogP contribution is -2.45. The van der Waals surface area contributed by atoms with Crippen molar-refractivity contribution in [3.05, 3.63) is 24.3 Å². The van der Waals surface area contributed by atoms with Gasteiger partial charge in [-0.15, -0.1) is 0 Å². The fraction of sp³-hybridized carbons (Fsp3) is 0.925. The molecular weight excluding hydrogens is 1050 g/mol. The second-order valence-electron chi connectivity index (χ2n) is 27.4. The number of hydrogen-bond acceptors (Lipinski definition) is 5. The van der Waals surface area contributed by atoms with Gasteiger partial charge in [-0.1, -0.05) is 385 Å². The van der Waals surface area contributed by atoms with E-state index in [0.29, 0.717) is 25.9 Å². The Morgan fingerprint density at radius 2 is 0.547 bits per heavy atom. The summed E-state index contributed by atoms with van der Waals surface area (Å²) in [6, 6.07) is -0.541. The predicted octanol–water partition coefficient (Wildman–Crippen LogP) is 26.0. The number of hydrogen-bond donors (Lipinski definition) is 3. The van der Waals surface area contributed by atoms with Gasteiger partial charge in [0.1, 0.15) is 0 Å². The van der Waals surface area contributed by atoms with Crippen molar-refractivity contribution in [1.82, 2.24) is 5.32 Å². The van der Waals surface area contributed by atoms with Gasteiger partial charge in [-0.25, -0.2) is 0 Å². The highest BCUT2D eigenvalue weighted by Gasteiger charge is 2.20. The minimum atomic E-state index is -0.664. The van der Waals surface area contributed by atoms with Gasteiger partial charge in [-0.2, -0.15) is 0 Å². The van der Waals surface area contributed by atoms with E-state index in [1.54, 1.807) is 0 Å². The molecule has 2 atom stereocenters. The number of ether oxygens (including phenoxy) is 1. The Bertz CT molecular complexity index is 1350. The van der Waals surface area contributed by atoms with Crippen LogP contribution >= 0.6 is 0 Å². The van der Waals surface area contributed by atoms with E-state index in [1.807, 2.05) is 0 Å². The average Bonchev–Trinajstić information content (AvgIpc) is 3.54. The molecule has 3 N–H and O–H groups in total. The minimum absolute atomic E-state index is 0.0106. The Labute approximate surface area is 539 Å². The lowest BCUT2D eigenvalue weighted by Gasteiger charge is -2.22. The van der Waals surface area contributed by atoms with Crippen LogP contribution in [0.5, 0.6) is 0 Å². The molecular formula is C80H155NO5. The number of carbonyl (C=O) groups is 2. The first kappa shape index (κ1) is 84.3. The van der Waals surface area contributed by atoms with Crippen LogP contribution < -0.4 is 5.32 Å². The highest BCUT2D eigenvalue weighted by atomic mass is 16.5. The third-order valence-electron chi connectivity index (χ3n) is 18.7. The van der Waals surface area contributed by atoms with E-state index in [0.717, 1.165) is 44.9 Å². The van der Waals surface area contributed by atoms with E-state index in [2.05, 4.69) is 43.5 Å². The minimum Gasteiger partial charge on any atom is -0.466 e. The number of aliphatic hydroxyl groups excluding tert-OH is 2. The normalized spacial score (nSPS) is 12.6. The lowest BCUT2D eigenvalue weighted by atomic mass is 10.0. The molecule has 0 aromatic heterocycles. The molecule has 0 aliphatic rings. The van der Waals surface area contributed by atoms with Crippen molar-refractivity contribution in [3.8, 4) is 0 Å². The molecule has 0 aliphatic carbocycles. The monoisotopic (exact) mass is 1210 g/mol. The molecule has 0 fully saturated rings. The molecule has 0 bridgehead atoms. The van der Waals surface area contributed by atoms with Crippen molar-refractivity contribution in [2.24, 2.45) is 0 Å². The zero-order valence-corrected chi connectivity index (χ0v) is 58.6. The number of unbranched alkanes of at least 4 members (excludes halogenated alkanes) is 60. The molecule has 0 rings (SSSR count). The molecule has 0 spiro atoms. The van der Waals surface area contributed by atoms with Gasteiger partial charge in [0.15, 0.2) is 0 Å². The molecule has 6 heteroatoms. The molecule has 86 heavy (non-hydrogen) atoms. The van der Waals surface area contributed by atoms with E-state index in [4.69, 9.17) is 4.74 Å². The molecule has 1 amide bonds. The van der Waals surface area contributed by atoms with Crippen molar-refractivity contribution in [3.63, 3.8) is 0 Å². The van der Waals surface area contributed by atoms with E-state index < -0.39 is 12.1 Å². The lowest BCUT2D eigenvalue weighted by molar-refractivity contribution is -0.143. The maximum absolute atomic E-state index is 12.6. The van der Waals surface area contributed by atoms with E-state index in [1.165, 1.54) is 372 Å². The highest BCUT2D eigenvalue weighted by molar-refractivity contribution is 5.76. The van der Waals surface area contributed by atoms with Crippen LogP contribution in [0.2, 0.25) is 0 Å². The van der Waals surface area contributed by atoms with Gasteiger partial charge < -0.3 is 20.3 Å². The summed E-state index contributed by atoms with van der Waals surface area (Å²) in [6.45, 7) is 4.99. The number of allylic oxidation sites excluding steroid dienone is 4. The number of esters is 1. The Kier molecular flexibility index (Phi) is 74.3. The largest absolute Gasteiger partial charge is 0.466 e. The van der Waals surface area contributed by atoms with Gasteiger partial charge in [0, 0.05) is 12.8 Å². The summed E-state index contributed by atoms with van der Waals surface area (Å²) in [5.41, 5.74) is 0. The summed E-state index contributed by atoms with van der Waals surface area (Å²) in [5.74, 6) is -0.0162. The van der Waals surface area contributed by atoms with E-state index >= 15 is 0 Å². The van der Waals surface area contributed by atoms with Gasteiger partial charge in [0.05, 0.1) is 25.4 Å². The van der Waals surface area contributed by atoms with Gasteiger partial charge in [0.25, 0.3) is 0 Å². The molecule has 0 aromatic rings. The second-order valence-corrected chi connectivity index (χ2v) is 27.4. The zero-order valence-electron chi connectivity index (χ0n) is 58.6. The predicted molar refractivity (Wildman–Crippen MR) is 380 cm³/mol. The first-order valence-electron chi connectivity index (χ1n) is 39.6. The van der Waals surface area contributed by atoms with Crippen molar-refractivity contribution >= 4 is 11.9 Å².